The second-order valence-corrected chi connectivity index (χ2v) is 4.22. The third-order valence-corrected chi connectivity index (χ3v) is 3.04. The van der Waals surface area contributed by atoms with Crippen molar-refractivity contribution in [1.82, 2.24) is 5.32 Å². The molecule has 0 saturated heterocycles. The van der Waals surface area contributed by atoms with Gasteiger partial charge in [-0.15, -0.1) is 0 Å². The zero-order valence-electron chi connectivity index (χ0n) is 9.25. The maximum absolute atomic E-state index is 13.6. The zero-order chi connectivity index (χ0) is 13.9. The molecule has 1 aromatic rings. The molecule has 0 fully saturated rings. The van der Waals surface area contributed by atoms with E-state index in [0.717, 1.165) is 0 Å². The lowest BCUT2D eigenvalue weighted by Crippen LogP contribution is -2.34. The van der Waals surface area contributed by atoms with Crippen LogP contribution in [0.5, 0.6) is 0 Å². The summed E-state index contributed by atoms with van der Waals surface area (Å²) in [5, 5.41) is 13.3. The van der Waals surface area contributed by atoms with Crippen molar-refractivity contribution in [3.63, 3.8) is 0 Å². The van der Waals surface area contributed by atoms with Gasteiger partial charge in [0.1, 0.15) is 5.82 Å². The first-order valence-corrected chi connectivity index (χ1v) is 5.99. The largest absolute Gasteiger partial charge is 0.349 e. The van der Waals surface area contributed by atoms with E-state index in [9.17, 15) is 23.7 Å². The number of carbonyl (C=O) groups is 1. The molecule has 0 radical (unpaired) electrons. The number of hydrogen-bond donors (Lipinski definition) is 1. The van der Waals surface area contributed by atoms with Crippen LogP contribution in [0.4, 0.5) is 14.5 Å². The number of nitrogens with one attached hydrogen (secondary N) is 1. The molecule has 0 bridgehead atoms. The Morgan fingerprint density at radius 2 is 2.17 bits per heavy atom. The summed E-state index contributed by atoms with van der Waals surface area (Å²) < 4.78 is 26.7. The predicted molar refractivity (Wildman–Crippen MR) is 63.7 cm³/mol. The second kappa shape index (κ2) is 5.85. The zero-order valence-corrected chi connectivity index (χ0v) is 10.8. The average Bonchev–Trinajstić information content (AvgIpc) is 2.30. The fraction of sp³-hybridized carbons (Fsp3) is 0.300. The number of nitro benzene ring substituents is 1. The molecule has 0 saturated carbocycles. The third kappa shape index (κ3) is 3.22. The molecule has 1 atom stereocenters. The highest BCUT2D eigenvalue weighted by Crippen LogP contribution is 2.22. The van der Waals surface area contributed by atoms with Gasteiger partial charge in [0, 0.05) is 11.4 Å². The molecule has 1 unspecified atom stereocenters. The molecule has 0 aliphatic carbocycles. The first-order chi connectivity index (χ1) is 8.36. The molecule has 98 valence electrons. The summed E-state index contributed by atoms with van der Waals surface area (Å²) in [6.07, 6.45) is 0. The highest BCUT2D eigenvalue weighted by atomic mass is 79.9. The topological polar surface area (TPSA) is 72.2 Å². The molecule has 0 aliphatic heterocycles. The van der Waals surface area contributed by atoms with E-state index >= 15 is 0 Å². The molecule has 0 aliphatic rings. The summed E-state index contributed by atoms with van der Waals surface area (Å²) >= 11 is 3.10. The SMILES string of the molecule is CC(CBr)NC(=O)c1cc(F)cc([N+](=O)[O-])c1F. The Labute approximate surface area is 109 Å². The van der Waals surface area contributed by atoms with E-state index in [-0.39, 0.29) is 6.04 Å². The molecule has 1 N–H and O–H groups in total. The molecule has 1 rings (SSSR count). The summed E-state index contributed by atoms with van der Waals surface area (Å²) in [5.41, 5.74) is -1.75. The maximum Gasteiger partial charge on any atom is 0.308 e. The Bertz CT molecular complexity index is 496. The van der Waals surface area contributed by atoms with Crippen LogP contribution in [0.3, 0.4) is 0 Å². The number of benzene rings is 1. The molecule has 1 amide bonds. The molecular formula is C10H9BrF2N2O3. The molecule has 0 heterocycles. The van der Waals surface area contributed by atoms with Crippen molar-refractivity contribution in [1.29, 1.82) is 0 Å². The van der Waals surface area contributed by atoms with E-state index < -0.39 is 33.7 Å². The highest BCUT2D eigenvalue weighted by Gasteiger charge is 2.24. The van der Waals surface area contributed by atoms with E-state index in [0.29, 0.717) is 17.5 Å². The first-order valence-electron chi connectivity index (χ1n) is 4.87. The summed E-state index contributed by atoms with van der Waals surface area (Å²) in [6.45, 7) is 1.64. The monoisotopic (exact) mass is 322 g/mol. The molecule has 1 aromatic carbocycles. The number of alkyl halides is 1. The van der Waals surface area contributed by atoms with Gasteiger partial charge in [-0.2, -0.15) is 4.39 Å². The number of nitro groups is 1. The van der Waals surface area contributed by atoms with Gasteiger partial charge in [-0.25, -0.2) is 4.39 Å². The minimum Gasteiger partial charge on any atom is -0.349 e. The van der Waals surface area contributed by atoms with Crippen LogP contribution >= 0.6 is 15.9 Å². The number of halogens is 3. The lowest BCUT2D eigenvalue weighted by Gasteiger charge is -2.11. The van der Waals surface area contributed by atoms with Gasteiger partial charge >= 0.3 is 5.69 Å². The van der Waals surface area contributed by atoms with Gasteiger partial charge in [-0.1, -0.05) is 15.9 Å². The summed E-state index contributed by atoms with van der Waals surface area (Å²) in [7, 11) is 0. The molecular weight excluding hydrogens is 314 g/mol. The normalized spacial score (nSPS) is 12.0. The van der Waals surface area contributed by atoms with Crippen molar-refractivity contribution in [2.75, 3.05) is 5.33 Å². The van der Waals surface area contributed by atoms with Crippen molar-refractivity contribution in [3.8, 4) is 0 Å². The van der Waals surface area contributed by atoms with E-state index in [1.54, 1.807) is 6.92 Å². The van der Waals surface area contributed by atoms with Crippen LogP contribution in [0.25, 0.3) is 0 Å². The van der Waals surface area contributed by atoms with Crippen LogP contribution in [0.2, 0.25) is 0 Å². The van der Waals surface area contributed by atoms with Crippen molar-refractivity contribution in [2.24, 2.45) is 0 Å². The Kier molecular flexibility index (Phi) is 4.71. The van der Waals surface area contributed by atoms with Gasteiger partial charge in [0.15, 0.2) is 0 Å². The predicted octanol–water partition coefficient (Wildman–Crippen LogP) is 2.39. The van der Waals surface area contributed by atoms with Gasteiger partial charge in [0.2, 0.25) is 5.82 Å². The fourth-order valence-corrected chi connectivity index (χ4v) is 1.37. The average molecular weight is 323 g/mol. The standard InChI is InChI=1S/C10H9BrF2N2O3/c1-5(4-11)14-10(16)7-2-6(12)3-8(9(7)13)15(17)18/h2-3,5H,4H2,1H3,(H,14,16). The van der Waals surface area contributed by atoms with Crippen LogP contribution in [-0.2, 0) is 0 Å². The molecule has 18 heavy (non-hydrogen) atoms. The number of rotatable bonds is 4. The number of hydrogen-bond acceptors (Lipinski definition) is 3. The number of carbonyl (C=O) groups excluding carboxylic acids is 1. The quantitative estimate of drug-likeness (QED) is 0.525. The van der Waals surface area contributed by atoms with Crippen LogP contribution in [0.15, 0.2) is 12.1 Å². The Morgan fingerprint density at radius 1 is 1.56 bits per heavy atom. The van der Waals surface area contributed by atoms with E-state index in [2.05, 4.69) is 21.2 Å². The minimum atomic E-state index is -1.35. The molecule has 0 aromatic heterocycles. The van der Waals surface area contributed by atoms with Gasteiger partial charge in [0.05, 0.1) is 16.6 Å². The van der Waals surface area contributed by atoms with Crippen molar-refractivity contribution in [3.05, 3.63) is 39.4 Å². The summed E-state index contributed by atoms with van der Waals surface area (Å²) in [4.78, 5) is 21.0. The van der Waals surface area contributed by atoms with Gasteiger partial charge in [-0.3, -0.25) is 14.9 Å². The Balaban J connectivity index is 3.16. The third-order valence-electron chi connectivity index (χ3n) is 2.07. The fourth-order valence-electron chi connectivity index (χ4n) is 1.21. The highest BCUT2D eigenvalue weighted by molar-refractivity contribution is 9.09. The number of amides is 1. The Morgan fingerprint density at radius 3 is 2.67 bits per heavy atom. The Hall–Kier alpha value is -1.57. The van der Waals surface area contributed by atoms with Gasteiger partial charge < -0.3 is 5.32 Å². The van der Waals surface area contributed by atoms with Crippen molar-refractivity contribution in [2.45, 2.75) is 13.0 Å². The van der Waals surface area contributed by atoms with Gasteiger partial charge in [0.25, 0.3) is 5.91 Å². The van der Waals surface area contributed by atoms with Crippen LogP contribution in [0.1, 0.15) is 17.3 Å². The lowest BCUT2D eigenvalue weighted by atomic mass is 10.1. The maximum atomic E-state index is 13.6. The molecule has 5 nitrogen and oxygen atoms in total. The molecule has 0 spiro atoms. The summed E-state index contributed by atoms with van der Waals surface area (Å²) in [6, 6.07) is 0.734. The van der Waals surface area contributed by atoms with E-state index in [4.69, 9.17) is 0 Å². The minimum absolute atomic E-state index is 0.320. The van der Waals surface area contributed by atoms with E-state index in [1.807, 2.05) is 0 Å². The number of nitrogens with zero attached hydrogens (tertiary/aromatic N) is 1. The van der Waals surface area contributed by atoms with Crippen LogP contribution < -0.4 is 5.32 Å². The van der Waals surface area contributed by atoms with Crippen LogP contribution in [-0.4, -0.2) is 22.2 Å². The lowest BCUT2D eigenvalue weighted by molar-refractivity contribution is -0.387. The van der Waals surface area contributed by atoms with Crippen molar-refractivity contribution >= 4 is 27.5 Å². The van der Waals surface area contributed by atoms with Crippen LogP contribution in [0, 0.1) is 21.7 Å². The van der Waals surface area contributed by atoms with Gasteiger partial charge in [-0.05, 0) is 13.0 Å². The summed E-state index contributed by atoms with van der Waals surface area (Å²) in [5.74, 6) is -3.29. The van der Waals surface area contributed by atoms with Crippen molar-refractivity contribution < 1.29 is 18.5 Å². The van der Waals surface area contributed by atoms with E-state index in [1.165, 1.54) is 0 Å². The second-order valence-electron chi connectivity index (χ2n) is 3.57. The molecule has 8 heteroatoms. The smallest absolute Gasteiger partial charge is 0.308 e. The first kappa shape index (κ1) is 14.5.